The highest BCUT2D eigenvalue weighted by Crippen LogP contribution is 2.28. The first kappa shape index (κ1) is 22.3. The standard InChI is InChI=1S/C24H30ClN3O2/c1-15(2)22(26)24(30)28-14-6-9-21(28)23(29)27-16(3)17-10-12-18(13-11-17)19-7-4-5-8-20(19)25/h4-5,7-8,10-13,15-16,21-22H,6,9,14,26H2,1-3H3,(H,27,29). The van der Waals surface area contributed by atoms with Crippen LogP contribution in [0.5, 0.6) is 0 Å². The van der Waals surface area contributed by atoms with E-state index in [0.717, 1.165) is 23.1 Å². The first-order chi connectivity index (χ1) is 14.3. The lowest BCUT2D eigenvalue weighted by atomic mass is 10.0. The molecule has 3 atom stereocenters. The maximum absolute atomic E-state index is 12.9. The average Bonchev–Trinajstić information content (AvgIpc) is 3.23. The second-order valence-corrected chi connectivity index (χ2v) is 8.70. The summed E-state index contributed by atoms with van der Waals surface area (Å²) >= 11 is 6.29. The van der Waals surface area contributed by atoms with Crippen LogP contribution in [0.3, 0.4) is 0 Å². The van der Waals surface area contributed by atoms with Crippen LogP contribution in [0.25, 0.3) is 11.1 Å². The smallest absolute Gasteiger partial charge is 0.243 e. The zero-order valence-electron chi connectivity index (χ0n) is 17.8. The molecule has 0 bridgehead atoms. The largest absolute Gasteiger partial charge is 0.348 e. The minimum absolute atomic E-state index is 0.0392. The third kappa shape index (κ3) is 4.85. The Bertz CT molecular complexity index is 898. The van der Waals surface area contributed by atoms with Gasteiger partial charge >= 0.3 is 0 Å². The van der Waals surface area contributed by atoms with Gasteiger partial charge in [-0.15, -0.1) is 0 Å². The second kappa shape index (κ2) is 9.63. The molecule has 2 amide bonds. The molecule has 3 N–H and O–H groups in total. The molecule has 3 rings (SSSR count). The van der Waals surface area contributed by atoms with Gasteiger partial charge in [0.05, 0.1) is 12.1 Å². The molecule has 2 aromatic rings. The molecule has 6 heteroatoms. The Morgan fingerprint density at radius 3 is 2.40 bits per heavy atom. The number of nitrogens with zero attached hydrogens (tertiary/aromatic N) is 1. The Hall–Kier alpha value is -2.37. The lowest BCUT2D eigenvalue weighted by Gasteiger charge is -2.29. The molecule has 160 valence electrons. The lowest BCUT2D eigenvalue weighted by molar-refractivity contribution is -0.140. The van der Waals surface area contributed by atoms with Crippen molar-refractivity contribution in [3.8, 4) is 11.1 Å². The van der Waals surface area contributed by atoms with Gasteiger partial charge in [0.1, 0.15) is 6.04 Å². The van der Waals surface area contributed by atoms with Gasteiger partial charge < -0.3 is 16.0 Å². The summed E-state index contributed by atoms with van der Waals surface area (Å²) in [5.41, 5.74) is 9.03. The third-order valence-electron chi connectivity index (χ3n) is 5.80. The molecule has 0 aromatic heterocycles. The van der Waals surface area contributed by atoms with E-state index in [0.29, 0.717) is 18.0 Å². The van der Waals surface area contributed by atoms with Crippen LogP contribution < -0.4 is 11.1 Å². The number of nitrogens with two attached hydrogens (primary N) is 1. The number of amides is 2. The van der Waals surface area contributed by atoms with Crippen LogP contribution in [0.4, 0.5) is 0 Å². The van der Waals surface area contributed by atoms with Crippen LogP contribution in [-0.2, 0) is 9.59 Å². The summed E-state index contributed by atoms with van der Waals surface area (Å²) in [4.78, 5) is 27.2. The predicted octanol–water partition coefficient (Wildman–Crippen LogP) is 4.16. The Labute approximate surface area is 183 Å². The fourth-order valence-electron chi connectivity index (χ4n) is 3.82. The minimum atomic E-state index is -0.576. The van der Waals surface area contributed by atoms with E-state index in [1.165, 1.54) is 0 Å². The fourth-order valence-corrected chi connectivity index (χ4v) is 4.06. The van der Waals surface area contributed by atoms with Crippen molar-refractivity contribution in [2.24, 2.45) is 11.7 Å². The topological polar surface area (TPSA) is 75.4 Å². The van der Waals surface area contributed by atoms with Crippen LogP contribution in [0.15, 0.2) is 48.5 Å². The highest BCUT2D eigenvalue weighted by atomic mass is 35.5. The number of carbonyl (C=O) groups excluding carboxylic acids is 2. The quantitative estimate of drug-likeness (QED) is 0.726. The summed E-state index contributed by atoms with van der Waals surface area (Å²) in [5, 5.41) is 3.77. The average molecular weight is 428 g/mol. The predicted molar refractivity (Wildman–Crippen MR) is 121 cm³/mol. The molecule has 1 saturated heterocycles. The van der Waals surface area contributed by atoms with Crippen molar-refractivity contribution in [1.29, 1.82) is 0 Å². The van der Waals surface area contributed by atoms with Crippen molar-refractivity contribution in [3.63, 3.8) is 0 Å². The van der Waals surface area contributed by atoms with Gasteiger partial charge in [-0.1, -0.05) is 67.9 Å². The second-order valence-electron chi connectivity index (χ2n) is 8.29. The molecule has 1 aliphatic heterocycles. The molecule has 1 aliphatic rings. The van der Waals surface area contributed by atoms with E-state index in [1.807, 2.05) is 69.3 Å². The molecule has 5 nitrogen and oxygen atoms in total. The number of likely N-dealkylation sites (tertiary alicyclic amines) is 1. The summed E-state index contributed by atoms with van der Waals surface area (Å²) in [7, 11) is 0. The SMILES string of the molecule is CC(NC(=O)C1CCCN1C(=O)C(N)C(C)C)c1ccc(-c2ccccc2Cl)cc1. The van der Waals surface area contributed by atoms with Crippen LogP contribution in [-0.4, -0.2) is 35.3 Å². The van der Waals surface area contributed by atoms with E-state index in [-0.39, 0.29) is 23.8 Å². The van der Waals surface area contributed by atoms with Gasteiger partial charge in [0.25, 0.3) is 0 Å². The van der Waals surface area contributed by atoms with Gasteiger partial charge in [0.15, 0.2) is 0 Å². The first-order valence-electron chi connectivity index (χ1n) is 10.5. The molecule has 1 fully saturated rings. The van der Waals surface area contributed by atoms with Crippen molar-refractivity contribution >= 4 is 23.4 Å². The first-order valence-corrected chi connectivity index (χ1v) is 10.9. The van der Waals surface area contributed by atoms with Gasteiger partial charge in [0.2, 0.25) is 11.8 Å². The third-order valence-corrected chi connectivity index (χ3v) is 6.13. The summed E-state index contributed by atoms with van der Waals surface area (Å²) in [5.74, 6) is -0.226. The van der Waals surface area contributed by atoms with Crippen molar-refractivity contribution in [3.05, 3.63) is 59.1 Å². The molecule has 0 spiro atoms. The molecule has 2 aromatic carbocycles. The van der Waals surface area contributed by atoms with Gasteiger partial charge in [-0.3, -0.25) is 9.59 Å². The summed E-state index contributed by atoms with van der Waals surface area (Å²) < 4.78 is 0. The van der Waals surface area contributed by atoms with E-state index < -0.39 is 12.1 Å². The zero-order chi connectivity index (χ0) is 21.8. The molecule has 0 radical (unpaired) electrons. The number of rotatable bonds is 6. The van der Waals surface area contributed by atoms with Crippen molar-refractivity contribution in [2.45, 2.75) is 51.7 Å². The van der Waals surface area contributed by atoms with E-state index in [1.54, 1.807) is 4.90 Å². The Kier molecular flexibility index (Phi) is 7.16. The lowest BCUT2D eigenvalue weighted by Crippen LogP contribution is -2.52. The highest BCUT2D eigenvalue weighted by molar-refractivity contribution is 6.33. The Balaban J connectivity index is 1.66. The van der Waals surface area contributed by atoms with E-state index in [4.69, 9.17) is 17.3 Å². The maximum Gasteiger partial charge on any atom is 0.243 e. The van der Waals surface area contributed by atoms with Crippen LogP contribution in [0.2, 0.25) is 5.02 Å². The van der Waals surface area contributed by atoms with Crippen LogP contribution in [0, 0.1) is 5.92 Å². The Morgan fingerprint density at radius 2 is 1.77 bits per heavy atom. The molecule has 30 heavy (non-hydrogen) atoms. The molecule has 3 unspecified atom stereocenters. The van der Waals surface area contributed by atoms with Crippen molar-refractivity contribution in [2.75, 3.05) is 6.54 Å². The van der Waals surface area contributed by atoms with Crippen LogP contribution >= 0.6 is 11.6 Å². The number of hydrogen-bond acceptors (Lipinski definition) is 3. The number of carbonyl (C=O) groups is 2. The molecular formula is C24H30ClN3O2. The molecular weight excluding hydrogens is 398 g/mol. The summed E-state index contributed by atoms with van der Waals surface area (Å²) in [6.45, 7) is 6.37. The Morgan fingerprint density at radius 1 is 1.10 bits per heavy atom. The number of benzene rings is 2. The van der Waals surface area contributed by atoms with Crippen molar-refractivity contribution < 1.29 is 9.59 Å². The maximum atomic E-state index is 12.9. The monoisotopic (exact) mass is 427 g/mol. The normalized spacial score (nSPS) is 18.3. The molecule has 0 saturated carbocycles. The number of nitrogens with one attached hydrogen (secondary N) is 1. The van der Waals surface area contributed by atoms with Crippen LogP contribution in [0.1, 0.15) is 45.2 Å². The van der Waals surface area contributed by atoms with Gasteiger partial charge in [0, 0.05) is 17.1 Å². The van der Waals surface area contributed by atoms with E-state index in [9.17, 15) is 9.59 Å². The van der Waals surface area contributed by atoms with E-state index in [2.05, 4.69) is 5.32 Å². The highest BCUT2D eigenvalue weighted by Gasteiger charge is 2.37. The number of halogens is 1. The van der Waals surface area contributed by atoms with Gasteiger partial charge in [-0.2, -0.15) is 0 Å². The fraction of sp³-hybridized carbons (Fsp3) is 0.417. The van der Waals surface area contributed by atoms with Crippen molar-refractivity contribution in [1.82, 2.24) is 10.2 Å². The molecule has 0 aliphatic carbocycles. The molecule has 1 heterocycles. The number of hydrogen-bond donors (Lipinski definition) is 2. The summed E-state index contributed by atoms with van der Waals surface area (Å²) in [6, 6.07) is 14.5. The van der Waals surface area contributed by atoms with Gasteiger partial charge in [-0.05, 0) is 42.9 Å². The minimum Gasteiger partial charge on any atom is -0.348 e. The summed E-state index contributed by atoms with van der Waals surface area (Å²) in [6.07, 6.45) is 1.48. The zero-order valence-corrected chi connectivity index (χ0v) is 18.5. The van der Waals surface area contributed by atoms with E-state index >= 15 is 0 Å². The van der Waals surface area contributed by atoms with Gasteiger partial charge in [-0.25, -0.2) is 0 Å².